The van der Waals surface area contributed by atoms with E-state index in [1.165, 1.54) is 0 Å². The summed E-state index contributed by atoms with van der Waals surface area (Å²) < 4.78 is 10.5. The van der Waals surface area contributed by atoms with E-state index in [1.54, 1.807) is 49.5 Å². The number of halogens is 1. The number of rotatable bonds is 5. The minimum atomic E-state index is -0.383. The highest BCUT2D eigenvalue weighted by Crippen LogP contribution is 2.33. The van der Waals surface area contributed by atoms with Gasteiger partial charge in [0.1, 0.15) is 0 Å². The summed E-state index contributed by atoms with van der Waals surface area (Å²) in [7, 11) is 3.10. The number of aryl methyl sites for hydroxylation is 1. The summed E-state index contributed by atoms with van der Waals surface area (Å²) in [6, 6.07) is 9.88. The zero-order valence-electron chi connectivity index (χ0n) is 15.9. The number of urea groups is 1. The maximum Gasteiger partial charge on any atom is 0.319 e. The van der Waals surface area contributed by atoms with Crippen LogP contribution >= 0.6 is 11.6 Å². The van der Waals surface area contributed by atoms with E-state index in [0.717, 1.165) is 5.56 Å². The Balaban J connectivity index is 1.64. The fourth-order valence-electron chi connectivity index (χ4n) is 3.07. The fourth-order valence-corrected chi connectivity index (χ4v) is 3.25. The zero-order chi connectivity index (χ0) is 20.3. The summed E-state index contributed by atoms with van der Waals surface area (Å²) >= 11 is 6.08. The number of anilines is 2. The lowest BCUT2D eigenvalue weighted by Crippen LogP contribution is -2.39. The van der Waals surface area contributed by atoms with Gasteiger partial charge in [-0.3, -0.25) is 4.79 Å². The van der Waals surface area contributed by atoms with Gasteiger partial charge in [0, 0.05) is 35.4 Å². The summed E-state index contributed by atoms with van der Waals surface area (Å²) in [6.45, 7) is 2.26. The van der Waals surface area contributed by atoms with Crippen LogP contribution in [0.3, 0.4) is 0 Å². The van der Waals surface area contributed by atoms with Crippen LogP contribution in [0.1, 0.15) is 12.0 Å². The number of carbonyl (C=O) groups is 2. The van der Waals surface area contributed by atoms with Crippen molar-refractivity contribution in [2.75, 3.05) is 31.0 Å². The Morgan fingerprint density at radius 3 is 2.57 bits per heavy atom. The van der Waals surface area contributed by atoms with Crippen LogP contribution in [0.4, 0.5) is 16.2 Å². The van der Waals surface area contributed by atoms with E-state index in [2.05, 4.69) is 10.6 Å². The van der Waals surface area contributed by atoms with Crippen molar-refractivity contribution in [2.45, 2.75) is 19.4 Å². The van der Waals surface area contributed by atoms with Gasteiger partial charge in [-0.05, 0) is 36.8 Å². The number of hydrogen-bond donors (Lipinski definition) is 2. The average molecular weight is 404 g/mol. The molecule has 0 radical (unpaired) electrons. The third-order valence-corrected chi connectivity index (χ3v) is 4.98. The van der Waals surface area contributed by atoms with Crippen LogP contribution in [0.5, 0.6) is 11.5 Å². The molecule has 28 heavy (non-hydrogen) atoms. The second-order valence-corrected chi connectivity index (χ2v) is 6.91. The smallest absolute Gasteiger partial charge is 0.319 e. The van der Waals surface area contributed by atoms with Crippen molar-refractivity contribution in [2.24, 2.45) is 0 Å². The fraction of sp³-hybridized carbons (Fsp3) is 0.300. The van der Waals surface area contributed by atoms with Gasteiger partial charge >= 0.3 is 6.03 Å². The van der Waals surface area contributed by atoms with Crippen molar-refractivity contribution in [1.82, 2.24) is 5.32 Å². The molecule has 3 amide bonds. The second kappa shape index (κ2) is 8.39. The molecule has 3 rings (SSSR count). The molecular weight excluding hydrogens is 382 g/mol. The second-order valence-electron chi connectivity index (χ2n) is 6.51. The summed E-state index contributed by atoms with van der Waals surface area (Å²) in [5.41, 5.74) is 2.21. The highest BCUT2D eigenvalue weighted by atomic mass is 35.5. The van der Waals surface area contributed by atoms with E-state index < -0.39 is 0 Å². The number of carbonyl (C=O) groups excluding carboxylic acids is 2. The lowest BCUT2D eigenvalue weighted by atomic mass is 10.2. The van der Waals surface area contributed by atoms with Crippen molar-refractivity contribution in [3.8, 4) is 11.5 Å². The predicted molar refractivity (Wildman–Crippen MR) is 109 cm³/mol. The first-order chi connectivity index (χ1) is 13.4. The predicted octanol–water partition coefficient (Wildman–Crippen LogP) is 3.59. The monoisotopic (exact) mass is 403 g/mol. The molecule has 8 heteroatoms. The van der Waals surface area contributed by atoms with Crippen LogP contribution in [0, 0.1) is 6.92 Å². The molecule has 7 nitrogen and oxygen atoms in total. The third-order valence-electron chi connectivity index (χ3n) is 4.57. The van der Waals surface area contributed by atoms with Crippen molar-refractivity contribution >= 4 is 34.9 Å². The van der Waals surface area contributed by atoms with Crippen LogP contribution in [-0.2, 0) is 4.79 Å². The van der Waals surface area contributed by atoms with Gasteiger partial charge < -0.3 is 25.0 Å². The van der Waals surface area contributed by atoms with E-state index in [4.69, 9.17) is 21.1 Å². The van der Waals surface area contributed by atoms with Crippen molar-refractivity contribution in [1.29, 1.82) is 0 Å². The molecule has 1 heterocycles. The average Bonchev–Trinajstić information content (AvgIpc) is 3.04. The lowest BCUT2D eigenvalue weighted by molar-refractivity contribution is -0.117. The van der Waals surface area contributed by atoms with Crippen molar-refractivity contribution in [3.63, 3.8) is 0 Å². The Hall–Kier alpha value is -2.93. The molecule has 1 atom stereocenters. The maximum absolute atomic E-state index is 12.4. The first kappa shape index (κ1) is 19.8. The van der Waals surface area contributed by atoms with Gasteiger partial charge in [-0.1, -0.05) is 17.7 Å². The van der Waals surface area contributed by atoms with Gasteiger partial charge in [0.15, 0.2) is 11.5 Å². The molecular formula is C20H22ClN3O4. The number of nitrogens with one attached hydrogen (secondary N) is 2. The number of hydrogen-bond acceptors (Lipinski definition) is 4. The van der Waals surface area contributed by atoms with Crippen LogP contribution < -0.4 is 25.0 Å². The molecule has 1 saturated heterocycles. The lowest BCUT2D eigenvalue weighted by Gasteiger charge is -2.19. The molecule has 0 aromatic heterocycles. The largest absolute Gasteiger partial charge is 0.493 e. The SMILES string of the molecule is COc1ccc(N2C[C@@H](NC(=O)Nc3ccc(C)c(Cl)c3)CC2=O)cc1OC. The van der Waals surface area contributed by atoms with Gasteiger partial charge in [0.25, 0.3) is 0 Å². The number of ether oxygens (including phenoxy) is 2. The quantitative estimate of drug-likeness (QED) is 0.799. The summed E-state index contributed by atoms with van der Waals surface area (Å²) in [5, 5.41) is 6.15. The summed E-state index contributed by atoms with van der Waals surface area (Å²) in [5.74, 6) is 1.05. The molecule has 1 aliphatic rings. The molecule has 1 fully saturated rings. The Kier molecular flexibility index (Phi) is 5.94. The van der Waals surface area contributed by atoms with Crippen molar-refractivity contribution < 1.29 is 19.1 Å². The van der Waals surface area contributed by atoms with Crippen LogP contribution in [-0.4, -0.2) is 38.7 Å². The molecule has 148 valence electrons. The molecule has 0 spiro atoms. The first-order valence-corrected chi connectivity index (χ1v) is 9.15. The summed E-state index contributed by atoms with van der Waals surface area (Å²) in [4.78, 5) is 26.3. The topological polar surface area (TPSA) is 79.9 Å². The van der Waals surface area contributed by atoms with E-state index in [1.807, 2.05) is 13.0 Å². The molecule has 2 aromatic carbocycles. The Bertz CT molecular complexity index is 903. The van der Waals surface area contributed by atoms with Gasteiger partial charge in [0.05, 0.1) is 20.3 Å². The molecule has 0 aliphatic carbocycles. The Morgan fingerprint density at radius 2 is 1.89 bits per heavy atom. The Morgan fingerprint density at radius 1 is 1.14 bits per heavy atom. The van der Waals surface area contributed by atoms with Crippen LogP contribution in [0.15, 0.2) is 36.4 Å². The minimum Gasteiger partial charge on any atom is -0.493 e. The van der Waals surface area contributed by atoms with Crippen molar-refractivity contribution in [3.05, 3.63) is 47.0 Å². The van der Waals surface area contributed by atoms with E-state index in [-0.39, 0.29) is 24.4 Å². The number of methoxy groups -OCH3 is 2. The highest BCUT2D eigenvalue weighted by Gasteiger charge is 2.32. The van der Waals surface area contributed by atoms with Gasteiger partial charge in [0.2, 0.25) is 5.91 Å². The van der Waals surface area contributed by atoms with E-state index in [9.17, 15) is 9.59 Å². The Labute approximate surface area is 168 Å². The third kappa shape index (κ3) is 4.31. The number of amides is 3. The minimum absolute atomic E-state index is 0.0732. The number of nitrogens with zero attached hydrogens (tertiary/aromatic N) is 1. The molecule has 2 aromatic rings. The van der Waals surface area contributed by atoms with Crippen LogP contribution in [0.25, 0.3) is 0 Å². The maximum atomic E-state index is 12.4. The molecule has 1 aliphatic heterocycles. The van der Waals surface area contributed by atoms with E-state index in [0.29, 0.717) is 34.4 Å². The first-order valence-electron chi connectivity index (χ1n) is 8.77. The molecule has 0 unspecified atom stereocenters. The summed E-state index contributed by atoms with van der Waals surface area (Å²) in [6.07, 6.45) is 0.219. The zero-order valence-corrected chi connectivity index (χ0v) is 16.7. The highest BCUT2D eigenvalue weighted by molar-refractivity contribution is 6.31. The molecule has 0 bridgehead atoms. The normalized spacial score (nSPS) is 16.1. The van der Waals surface area contributed by atoms with E-state index >= 15 is 0 Å². The van der Waals surface area contributed by atoms with Gasteiger partial charge in [-0.15, -0.1) is 0 Å². The molecule has 2 N–H and O–H groups in total. The molecule has 0 saturated carbocycles. The van der Waals surface area contributed by atoms with Crippen LogP contribution in [0.2, 0.25) is 5.02 Å². The standard InChI is InChI=1S/C20H22ClN3O4/c1-12-4-5-13(8-16(12)21)22-20(26)23-14-9-19(25)24(11-14)15-6-7-17(27-2)18(10-15)28-3/h4-8,10,14H,9,11H2,1-3H3,(H2,22,23,26)/t14-/m0/s1. The number of benzene rings is 2. The van der Waals surface area contributed by atoms with Gasteiger partial charge in [-0.25, -0.2) is 4.79 Å². The van der Waals surface area contributed by atoms with Gasteiger partial charge in [-0.2, -0.15) is 0 Å².